The van der Waals surface area contributed by atoms with Gasteiger partial charge in [0.15, 0.2) is 0 Å². The fourth-order valence-electron chi connectivity index (χ4n) is 1.50. The van der Waals surface area contributed by atoms with Crippen molar-refractivity contribution in [1.82, 2.24) is 0 Å². The van der Waals surface area contributed by atoms with E-state index in [9.17, 15) is 4.39 Å². The summed E-state index contributed by atoms with van der Waals surface area (Å²) in [5.74, 6) is -0.319. The van der Waals surface area contributed by atoms with Crippen LogP contribution in [0.4, 0.5) is 4.39 Å². The van der Waals surface area contributed by atoms with Crippen LogP contribution in [0.2, 0.25) is 0 Å². The normalized spacial score (nSPS) is 10.6. The van der Waals surface area contributed by atoms with E-state index in [0.717, 1.165) is 11.1 Å². The Hall–Kier alpha value is -2.42. The van der Waals surface area contributed by atoms with E-state index < -0.39 is 0 Å². The van der Waals surface area contributed by atoms with E-state index in [2.05, 4.69) is 17.9 Å². The highest BCUT2D eigenvalue weighted by Crippen LogP contribution is 2.07. The van der Waals surface area contributed by atoms with E-state index in [1.807, 2.05) is 24.3 Å². The molecule has 0 saturated heterocycles. The van der Waals surface area contributed by atoms with Crippen LogP contribution in [0.15, 0.2) is 60.3 Å². The lowest BCUT2D eigenvalue weighted by Crippen LogP contribution is -1.89. The first-order chi connectivity index (χ1) is 9.28. The van der Waals surface area contributed by atoms with Gasteiger partial charge in [-0.15, -0.1) is 0 Å². The summed E-state index contributed by atoms with van der Waals surface area (Å²) in [6.45, 7) is 4.03. The third-order valence-corrected chi connectivity index (χ3v) is 2.51. The summed E-state index contributed by atoms with van der Waals surface area (Å²) in [5.41, 5.74) is 2.59. The summed E-state index contributed by atoms with van der Waals surface area (Å²) in [5, 5.41) is 3.68. The molecule has 3 heteroatoms. The highest BCUT2D eigenvalue weighted by Gasteiger charge is 1.94. The molecule has 95 valence electrons. The first kappa shape index (κ1) is 13.0. The lowest BCUT2D eigenvalue weighted by molar-refractivity contribution is 0.132. The molecule has 0 fully saturated rings. The molecule has 0 bridgehead atoms. The van der Waals surface area contributed by atoms with E-state index in [4.69, 9.17) is 4.84 Å². The molecule has 0 amide bonds. The number of hydrogen-bond donors (Lipinski definition) is 0. The molecule has 0 heterocycles. The van der Waals surface area contributed by atoms with E-state index in [1.165, 1.54) is 12.1 Å². The minimum Gasteiger partial charge on any atom is -0.390 e. The summed E-state index contributed by atoms with van der Waals surface area (Å²) in [6, 6.07) is 13.8. The Morgan fingerprint density at radius 3 is 2.68 bits per heavy atom. The van der Waals surface area contributed by atoms with Gasteiger partial charge in [0.05, 0.1) is 0 Å². The molecule has 0 aliphatic rings. The predicted octanol–water partition coefficient (Wildman–Crippen LogP) is 3.90. The van der Waals surface area contributed by atoms with Crippen LogP contribution < -0.4 is 0 Å². The Bertz CT molecular complexity index is 576. The maximum atomic E-state index is 12.9. The Labute approximate surface area is 111 Å². The Morgan fingerprint density at radius 2 is 2.00 bits per heavy atom. The average molecular weight is 254 g/mol. The van der Waals surface area contributed by atoms with Gasteiger partial charge in [-0.2, -0.15) is 0 Å². The van der Waals surface area contributed by atoms with Crippen LogP contribution in [0.5, 0.6) is 0 Å². The second kappa shape index (κ2) is 6.50. The Kier molecular flexibility index (Phi) is 4.45. The summed E-state index contributed by atoms with van der Waals surface area (Å²) in [7, 11) is 0. The van der Waals surface area contributed by atoms with Crippen LogP contribution in [-0.2, 0) is 11.4 Å². The molecule has 0 N–H and O–H groups in total. The van der Waals surface area contributed by atoms with Gasteiger partial charge in [-0.25, -0.2) is 4.39 Å². The van der Waals surface area contributed by atoms with E-state index in [0.29, 0.717) is 12.2 Å². The van der Waals surface area contributed by atoms with Crippen molar-refractivity contribution >= 4 is 12.3 Å². The van der Waals surface area contributed by atoms with Gasteiger partial charge in [-0.3, -0.25) is 0 Å². The molecule has 2 aromatic rings. The molecule has 0 aromatic heterocycles. The average Bonchev–Trinajstić information content (AvgIpc) is 2.44. The fourth-order valence-corrected chi connectivity index (χ4v) is 1.50. The van der Waals surface area contributed by atoms with Gasteiger partial charge < -0.3 is 4.84 Å². The van der Waals surface area contributed by atoms with Gasteiger partial charge in [-0.05, 0) is 23.3 Å². The molecule has 0 saturated carbocycles. The lowest BCUT2D eigenvalue weighted by Gasteiger charge is -2.00. The zero-order chi connectivity index (χ0) is 13.5. The topological polar surface area (TPSA) is 21.6 Å². The molecular weight excluding hydrogens is 241 g/mol. The van der Waals surface area contributed by atoms with E-state index >= 15 is 0 Å². The molecule has 2 rings (SSSR count). The highest BCUT2D eigenvalue weighted by atomic mass is 19.1. The van der Waals surface area contributed by atoms with E-state index in [1.54, 1.807) is 18.2 Å². The maximum Gasteiger partial charge on any atom is 0.142 e. The SMILES string of the molecule is C=Cc1ccc(CO/N=[C]\c2cccc(F)c2)cc1. The molecule has 0 unspecified atom stereocenters. The van der Waals surface area contributed by atoms with Gasteiger partial charge in [0.1, 0.15) is 18.6 Å². The van der Waals surface area contributed by atoms with Crippen molar-refractivity contribution in [2.45, 2.75) is 6.61 Å². The van der Waals surface area contributed by atoms with Gasteiger partial charge >= 0.3 is 0 Å². The van der Waals surface area contributed by atoms with Crippen LogP contribution >= 0.6 is 0 Å². The minimum absolute atomic E-state index is 0.319. The summed E-state index contributed by atoms with van der Waals surface area (Å²) >= 11 is 0. The smallest absolute Gasteiger partial charge is 0.142 e. The van der Waals surface area contributed by atoms with Gasteiger partial charge in [0, 0.05) is 5.56 Å². The second-order valence-electron chi connectivity index (χ2n) is 3.93. The maximum absolute atomic E-state index is 12.9. The number of halogens is 1. The van der Waals surface area contributed by atoms with Crippen molar-refractivity contribution in [2.75, 3.05) is 0 Å². The molecular formula is C16H13FNO. The third-order valence-electron chi connectivity index (χ3n) is 2.51. The summed E-state index contributed by atoms with van der Waals surface area (Å²) in [6.07, 6.45) is 4.40. The zero-order valence-corrected chi connectivity index (χ0v) is 10.3. The largest absolute Gasteiger partial charge is 0.390 e. The quantitative estimate of drug-likeness (QED) is 0.586. The fraction of sp³-hybridized carbons (Fsp3) is 0.0625. The van der Waals surface area contributed by atoms with Crippen molar-refractivity contribution in [3.8, 4) is 0 Å². The van der Waals surface area contributed by atoms with Crippen molar-refractivity contribution in [3.63, 3.8) is 0 Å². The molecule has 1 radical (unpaired) electrons. The van der Waals surface area contributed by atoms with Crippen molar-refractivity contribution in [3.05, 3.63) is 77.6 Å². The number of hydrogen-bond acceptors (Lipinski definition) is 2. The zero-order valence-electron chi connectivity index (χ0n) is 10.3. The monoisotopic (exact) mass is 254 g/mol. The molecule has 0 atom stereocenters. The van der Waals surface area contributed by atoms with Gasteiger partial charge in [0.25, 0.3) is 0 Å². The molecule has 2 aromatic carbocycles. The van der Waals surface area contributed by atoms with Crippen molar-refractivity contribution < 1.29 is 9.23 Å². The van der Waals surface area contributed by atoms with Crippen LogP contribution in [-0.4, -0.2) is 6.21 Å². The minimum atomic E-state index is -0.319. The molecule has 0 spiro atoms. The lowest BCUT2D eigenvalue weighted by atomic mass is 10.1. The molecule has 0 aliphatic heterocycles. The molecule has 2 nitrogen and oxygen atoms in total. The van der Waals surface area contributed by atoms with Crippen LogP contribution in [0, 0.1) is 5.82 Å². The summed E-state index contributed by atoms with van der Waals surface area (Å²) in [4.78, 5) is 5.10. The predicted molar refractivity (Wildman–Crippen MR) is 74.3 cm³/mol. The third kappa shape index (κ3) is 4.07. The van der Waals surface area contributed by atoms with Crippen molar-refractivity contribution in [2.24, 2.45) is 5.16 Å². The summed E-state index contributed by atoms with van der Waals surface area (Å²) < 4.78 is 12.9. The van der Waals surface area contributed by atoms with Crippen molar-refractivity contribution in [1.29, 1.82) is 0 Å². The molecule has 0 aliphatic carbocycles. The standard InChI is InChI=1S/C16H13FNO/c1-2-13-6-8-14(9-7-13)12-19-18-11-15-4-3-5-16(17)10-15/h2-10H,1,12H2. The van der Waals surface area contributed by atoms with Gasteiger partial charge in [-0.1, -0.05) is 54.2 Å². The number of rotatable bonds is 5. The first-order valence-electron chi connectivity index (χ1n) is 5.83. The van der Waals surface area contributed by atoms with Crippen LogP contribution in [0.25, 0.3) is 6.08 Å². The molecule has 19 heavy (non-hydrogen) atoms. The first-order valence-corrected chi connectivity index (χ1v) is 5.83. The van der Waals surface area contributed by atoms with Crippen LogP contribution in [0.3, 0.4) is 0 Å². The van der Waals surface area contributed by atoms with Crippen LogP contribution in [0.1, 0.15) is 16.7 Å². The Morgan fingerprint density at radius 1 is 1.21 bits per heavy atom. The van der Waals surface area contributed by atoms with Gasteiger partial charge in [0.2, 0.25) is 0 Å². The number of nitrogens with zero attached hydrogens (tertiary/aromatic N) is 1. The highest BCUT2D eigenvalue weighted by molar-refractivity contribution is 5.78. The number of benzene rings is 2. The Balaban J connectivity index is 1.87. The second-order valence-corrected chi connectivity index (χ2v) is 3.93. The van der Waals surface area contributed by atoms with E-state index in [-0.39, 0.29) is 5.82 Å².